The van der Waals surface area contributed by atoms with E-state index in [1.165, 1.54) is 0 Å². The van der Waals surface area contributed by atoms with Gasteiger partial charge in [-0.1, -0.05) is 0 Å². The Bertz CT molecular complexity index is 371. The number of hydrogen-bond donors (Lipinski definition) is 1. The van der Waals surface area contributed by atoms with Crippen molar-refractivity contribution in [1.82, 2.24) is 9.88 Å². The Labute approximate surface area is 109 Å². The van der Waals surface area contributed by atoms with Crippen LogP contribution in [0, 0.1) is 0 Å². The van der Waals surface area contributed by atoms with Gasteiger partial charge in [0, 0.05) is 43.0 Å². The average molecular weight is 250 g/mol. The first-order valence-corrected chi connectivity index (χ1v) is 6.24. The molecule has 0 atom stereocenters. The highest BCUT2D eigenvalue weighted by Gasteiger charge is 2.21. The molecule has 18 heavy (non-hydrogen) atoms. The molecular formula is C14H22N2O2. The first-order valence-electron chi connectivity index (χ1n) is 6.24. The molecule has 0 fully saturated rings. The maximum atomic E-state index is 12.0. The minimum absolute atomic E-state index is 0.0437. The predicted octanol–water partition coefficient (Wildman–Crippen LogP) is 1.75. The molecule has 0 unspecified atom stereocenters. The molecule has 0 spiro atoms. The summed E-state index contributed by atoms with van der Waals surface area (Å²) in [6.45, 7) is 7.59. The molecule has 1 rings (SSSR count). The number of nitrogens with zero attached hydrogens (tertiary/aromatic N) is 2. The number of aliphatic hydroxyl groups excluding tert-OH is 1. The van der Waals surface area contributed by atoms with Crippen molar-refractivity contribution in [3.63, 3.8) is 0 Å². The van der Waals surface area contributed by atoms with Crippen LogP contribution in [0.1, 0.15) is 37.6 Å². The van der Waals surface area contributed by atoms with E-state index >= 15 is 0 Å². The van der Waals surface area contributed by atoms with Gasteiger partial charge in [-0.15, -0.1) is 0 Å². The van der Waals surface area contributed by atoms with E-state index < -0.39 is 0 Å². The van der Waals surface area contributed by atoms with Gasteiger partial charge in [-0.25, -0.2) is 0 Å². The van der Waals surface area contributed by atoms with Gasteiger partial charge < -0.3 is 5.11 Å². The molecular weight excluding hydrogens is 228 g/mol. The monoisotopic (exact) mass is 250 g/mol. The third-order valence-electron chi connectivity index (χ3n) is 2.91. The fourth-order valence-electron chi connectivity index (χ4n) is 1.81. The molecule has 0 amide bonds. The lowest BCUT2D eigenvalue weighted by molar-refractivity contribution is 0.0853. The summed E-state index contributed by atoms with van der Waals surface area (Å²) in [6, 6.07) is 3.55. The molecule has 0 saturated heterocycles. The van der Waals surface area contributed by atoms with Crippen LogP contribution < -0.4 is 0 Å². The molecule has 0 aliphatic rings. The van der Waals surface area contributed by atoms with Crippen molar-refractivity contribution in [1.29, 1.82) is 0 Å². The third kappa shape index (κ3) is 4.55. The van der Waals surface area contributed by atoms with Gasteiger partial charge in [0.25, 0.3) is 0 Å². The molecule has 0 bridgehead atoms. The van der Waals surface area contributed by atoms with E-state index in [1.54, 1.807) is 24.5 Å². The number of rotatable bonds is 6. The van der Waals surface area contributed by atoms with Crippen molar-refractivity contribution in [2.45, 2.75) is 32.7 Å². The lowest BCUT2D eigenvalue weighted by atomic mass is 10.0. The van der Waals surface area contributed by atoms with Gasteiger partial charge in [0.05, 0.1) is 6.61 Å². The molecule has 0 aliphatic carbocycles. The summed E-state index contributed by atoms with van der Waals surface area (Å²) in [7, 11) is 0. The van der Waals surface area contributed by atoms with Gasteiger partial charge in [-0.3, -0.25) is 14.7 Å². The topological polar surface area (TPSA) is 53.4 Å². The molecule has 4 nitrogen and oxygen atoms in total. The van der Waals surface area contributed by atoms with E-state index in [9.17, 15) is 4.79 Å². The fraction of sp³-hybridized carbons (Fsp3) is 0.571. The van der Waals surface area contributed by atoms with Crippen LogP contribution >= 0.6 is 0 Å². The summed E-state index contributed by atoms with van der Waals surface area (Å²) in [4.78, 5) is 18.0. The Kier molecular flexibility index (Phi) is 5.44. The van der Waals surface area contributed by atoms with Crippen molar-refractivity contribution in [2.24, 2.45) is 0 Å². The zero-order valence-corrected chi connectivity index (χ0v) is 11.4. The van der Waals surface area contributed by atoms with E-state index in [1.807, 2.05) is 0 Å². The van der Waals surface area contributed by atoms with Crippen LogP contribution in [0.3, 0.4) is 0 Å². The summed E-state index contributed by atoms with van der Waals surface area (Å²) in [5, 5.41) is 9.05. The molecule has 100 valence electrons. The smallest absolute Gasteiger partial charge is 0.165 e. The van der Waals surface area contributed by atoms with Gasteiger partial charge in [-0.05, 0) is 32.9 Å². The molecule has 0 aromatic carbocycles. The molecule has 0 radical (unpaired) electrons. The third-order valence-corrected chi connectivity index (χ3v) is 2.91. The van der Waals surface area contributed by atoms with Crippen LogP contribution in [-0.2, 0) is 0 Å². The van der Waals surface area contributed by atoms with E-state index in [-0.39, 0.29) is 17.9 Å². The number of aliphatic hydroxyl groups is 1. The van der Waals surface area contributed by atoms with Crippen LogP contribution in [0.15, 0.2) is 24.5 Å². The molecule has 1 aromatic heterocycles. The highest BCUT2D eigenvalue weighted by Crippen LogP contribution is 2.14. The number of carbonyl (C=O) groups is 1. The molecule has 0 saturated carbocycles. The lowest BCUT2D eigenvalue weighted by Crippen LogP contribution is -2.44. The normalized spacial score (nSPS) is 11.8. The maximum Gasteiger partial charge on any atom is 0.165 e. The second-order valence-corrected chi connectivity index (χ2v) is 5.30. The standard InChI is InChI=1S/C14H22N2O2/c1-14(2,3)16(9-10-17)8-6-13(18)12-5-4-7-15-11-12/h4-5,7,11,17H,6,8-10H2,1-3H3. The Morgan fingerprint density at radius 1 is 1.39 bits per heavy atom. The van der Waals surface area contributed by atoms with Crippen LogP contribution in [0.25, 0.3) is 0 Å². The number of hydrogen-bond acceptors (Lipinski definition) is 4. The first kappa shape index (κ1) is 14.8. The lowest BCUT2D eigenvalue weighted by Gasteiger charge is -2.35. The van der Waals surface area contributed by atoms with Gasteiger partial charge in [0.15, 0.2) is 5.78 Å². The number of β-amino-alcohol motifs (C(OH)–C–C–N with tert-alkyl or cyclic N) is 1. The minimum Gasteiger partial charge on any atom is -0.395 e. The Balaban J connectivity index is 2.55. The van der Waals surface area contributed by atoms with Gasteiger partial charge >= 0.3 is 0 Å². The fourth-order valence-corrected chi connectivity index (χ4v) is 1.81. The highest BCUT2D eigenvalue weighted by atomic mass is 16.3. The Morgan fingerprint density at radius 2 is 2.11 bits per heavy atom. The molecule has 1 N–H and O–H groups in total. The van der Waals surface area contributed by atoms with Gasteiger partial charge in [0.2, 0.25) is 0 Å². The number of aromatic nitrogens is 1. The summed E-state index contributed by atoms with van der Waals surface area (Å²) >= 11 is 0. The second kappa shape index (κ2) is 6.61. The van der Waals surface area contributed by atoms with Crippen molar-refractivity contribution < 1.29 is 9.90 Å². The minimum atomic E-state index is -0.0437. The van der Waals surface area contributed by atoms with E-state index in [4.69, 9.17) is 5.11 Å². The summed E-state index contributed by atoms with van der Waals surface area (Å²) in [5.74, 6) is 0.0929. The number of ketones is 1. The number of carbonyl (C=O) groups excluding carboxylic acids is 1. The Hall–Kier alpha value is -1.26. The number of pyridine rings is 1. The van der Waals surface area contributed by atoms with Crippen molar-refractivity contribution in [3.8, 4) is 0 Å². The van der Waals surface area contributed by atoms with Crippen molar-refractivity contribution in [3.05, 3.63) is 30.1 Å². The van der Waals surface area contributed by atoms with E-state index in [0.29, 0.717) is 25.1 Å². The number of Topliss-reactive ketones (excluding diaryl/α,β-unsaturated/α-hetero) is 1. The predicted molar refractivity (Wildman–Crippen MR) is 71.6 cm³/mol. The first-order chi connectivity index (χ1) is 8.45. The zero-order chi connectivity index (χ0) is 13.6. The van der Waals surface area contributed by atoms with Crippen LogP contribution in [0.4, 0.5) is 0 Å². The largest absolute Gasteiger partial charge is 0.395 e. The molecule has 0 aliphatic heterocycles. The van der Waals surface area contributed by atoms with E-state index in [0.717, 1.165) is 0 Å². The SMILES string of the molecule is CC(C)(C)N(CCO)CCC(=O)c1cccnc1. The molecule has 1 heterocycles. The van der Waals surface area contributed by atoms with Crippen molar-refractivity contribution in [2.75, 3.05) is 19.7 Å². The van der Waals surface area contributed by atoms with Crippen LogP contribution in [-0.4, -0.2) is 46.0 Å². The quantitative estimate of drug-likeness (QED) is 0.781. The zero-order valence-electron chi connectivity index (χ0n) is 11.4. The van der Waals surface area contributed by atoms with Gasteiger partial charge in [-0.2, -0.15) is 0 Å². The summed E-state index contributed by atoms with van der Waals surface area (Å²) in [6.07, 6.45) is 3.70. The van der Waals surface area contributed by atoms with Crippen LogP contribution in [0.5, 0.6) is 0 Å². The molecule has 1 aromatic rings. The van der Waals surface area contributed by atoms with Crippen LogP contribution in [0.2, 0.25) is 0 Å². The van der Waals surface area contributed by atoms with Crippen molar-refractivity contribution >= 4 is 5.78 Å². The Morgan fingerprint density at radius 3 is 2.61 bits per heavy atom. The summed E-state index contributed by atoms with van der Waals surface area (Å²) < 4.78 is 0. The van der Waals surface area contributed by atoms with E-state index in [2.05, 4.69) is 30.7 Å². The summed E-state index contributed by atoms with van der Waals surface area (Å²) in [5.41, 5.74) is 0.605. The second-order valence-electron chi connectivity index (χ2n) is 5.30. The molecule has 4 heteroatoms. The van der Waals surface area contributed by atoms with Gasteiger partial charge in [0.1, 0.15) is 0 Å². The maximum absolute atomic E-state index is 12.0. The highest BCUT2D eigenvalue weighted by molar-refractivity contribution is 5.95. The average Bonchev–Trinajstić information content (AvgIpc) is 2.33.